The molecule has 1 fully saturated rings. The van der Waals surface area contributed by atoms with Crippen LogP contribution in [0, 0.1) is 5.82 Å². The van der Waals surface area contributed by atoms with E-state index in [1.807, 2.05) is 12.1 Å². The van der Waals surface area contributed by atoms with E-state index < -0.39 is 0 Å². The molecule has 0 spiro atoms. The first kappa shape index (κ1) is 9.66. The summed E-state index contributed by atoms with van der Waals surface area (Å²) in [5.74, 6) is 0.150. The number of hydrogen-bond donors (Lipinski definition) is 1. The average molecular weight is 193 g/mol. The molecule has 1 nitrogen and oxygen atoms in total. The SMILES string of the molecule is CC(c1ccc(F)cc1)C1(N)CCC1. The first-order valence-corrected chi connectivity index (χ1v) is 5.16. The van der Waals surface area contributed by atoms with Gasteiger partial charge >= 0.3 is 0 Å². The molecule has 1 aromatic carbocycles. The molecule has 1 unspecified atom stereocenters. The van der Waals surface area contributed by atoms with E-state index in [1.54, 1.807) is 0 Å². The third-order valence-corrected chi connectivity index (χ3v) is 3.52. The minimum absolute atomic E-state index is 0.0438. The Labute approximate surface area is 84.1 Å². The fraction of sp³-hybridized carbons (Fsp3) is 0.500. The van der Waals surface area contributed by atoms with E-state index >= 15 is 0 Å². The topological polar surface area (TPSA) is 26.0 Å². The van der Waals surface area contributed by atoms with Crippen LogP contribution in [0.25, 0.3) is 0 Å². The van der Waals surface area contributed by atoms with Crippen LogP contribution in [-0.2, 0) is 0 Å². The molecule has 0 saturated heterocycles. The predicted molar refractivity (Wildman–Crippen MR) is 55.6 cm³/mol. The summed E-state index contributed by atoms with van der Waals surface area (Å²) in [7, 11) is 0. The van der Waals surface area contributed by atoms with Gasteiger partial charge in [-0.25, -0.2) is 4.39 Å². The minimum Gasteiger partial charge on any atom is -0.325 e. The summed E-state index contributed by atoms with van der Waals surface area (Å²) < 4.78 is 12.7. The Hall–Kier alpha value is -0.890. The van der Waals surface area contributed by atoms with E-state index in [9.17, 15) is 4.39 Å². The van der Waals surface area contributed by atoms with Gasteiger partial charge in [0.1, 0.15) is 5.82 Å². The van der Waals surface area contributed by atoms with Crippen molar-refractivity contribution in [3.8, 4) is 0 Å². The summed E-state index contributed by atoms with van der Waals surface area (Å²) in [4.78, 5) is 0. The summed E-state index contributed by atoms with van der Waals surface area (Å²) in [6.45, 7) is 2.13. The molecule has 14 heavy (non-hydrogen) atoms. The van der Waals surface area contributed by atoms with Crippen molar-refractivity contribution in [3.63, 3.8) is 0 Å². The van der Waals surface area contributed by atoms with E-state index in [-0.39, 0.29) is 11.4 Å². The van der Waals surface area contributed by atoms with Crippen LogP contribution in [0.3, 0.4) is 0 Å². The number of rotatable bonds is 2. The van der Waals surface area contributed by atoms with Crippen LogP contribution in [0.2, 0.25) is 0 Å². The van der Waals surface area contributed by atoms with Crippen molar-refractivity contribution in [2.75, 3.05) is 0 Å². The summed E-state index contributed by atoms with van der Waals surface area (Å²) in [6, 6.07) is 6.70. The van der Waals surface area contributed by atoms with Crippen molar-refractivity contribution in [1.82, 2.24) is 0 Å². The molecular weight excluding hydrogens is 177 g/mol. The summed E-state index contributed by atoms with van der Waals surface area (Å²) >= 11 is 0. The lowest BCUT2D eigenvalue weighted by atomic mass is 9.67. The van der Waals surface area contributed by atoms with Crippen LogP contribution in [0.5, 0.6) is 0 Å². The Bertz CT molecular complexity index is 314. The first-order valence-electron chi connectivity index (χ1n) is 5.16. The first-order chi connectivity index (χ1) is 6.62. The Morgan fingerprint density at radius 1 is 1.29 bits per heavy atom. The second kappa shape index (κ2) is 3.35. The maximum atomic E-state index is 12.7. The van der Waals surface area contributed by atoms with Gasteiger partial charge in [-0.2, -0.15) is 0 Å². The van der Waals surface area contributed by atoms with Crippen LogP contribution in [0.1, 0.15) is 37.7 Å². The van der Waals surface area contributed by atoms with Crippen LogP contribution in [0.4, 0.5) is 4.39 Å². The van der Waals surface area contributed by atoms with Gasteiger partial charge in [-0.15, -0.1) is 0 Å². The average Bonchev–Trinajstić information content (AvgIpc) is 2.14. The highest BCUT2D eigenvalue weighted by Crippen LogP contribution is 2.40. The lowest BCUT2D eigenvalue weighted by Crippen LogP contribution is -2.50. The zero-order chi connectivity index (χ0) is 10.2. The van der Waals surface area contributed by atoms with Gasteiger partial charge in [-0.3, -0.25) is 0 Å². The van der Waals surface area contributed by atoms with E-state index in [0.717, 1.165) is 18.4 Å². The zero-order valence-electron chi connectivity index (χ0n) is 8.46. The van der Waals surface area contributed by atoms with Crippen molar-refractivity contribution in [3.05, 3.63) is 35.6 Å². The third kappa shape index (κ3) is 1.55. The number of benzene rings is 1. The third-order valence-electron chi connectivity index (χ3n) is 3.52. The summed E-state index contributed by atoms with van der Waals surface area (Å²) in [5, 5.41) is 0. The van der Waals surface area contributed by atoms with Crippen LogP contribution in [-0.4, -0.2) is 5.54 Å². The van der Waals surface area contributed by atoms with Gasteiger partial charge < -0.3 is 5.73 Å². The molecule has 0 heterocycles. The smallest absolute Gasteiger partial charge is 0.123 e. The highest BCUT2D eigenvalue weighted by Gasteiger charge is 2.38. The molecule has 1 saturated carbocycles. The molecule has 1 aliphatic carbocycles. The standard InChI is InChI=1S/C12H16FN/c1-9(12(14)7-2-8-12)10-3-5-11(13)6-4-10/h3-6,9H,2,7-8,14H2,1H3. The second-order valence-electron chi connectivity index (χ2n) is 4.36. The van der Waals surface area contributed by atoms with Gasteiger partial charge in [-0.05, 0) is 42.9 Å². The van der Waals surface area contributed by atoms with E-state index in [0.29, 0.717) is 5.92 Å². The zero-order valence-corrected chi connectivity index (χ0v) is 8.46. The Morgan fingerprint density at radius 3 is 2.29 bits per heavy atom. The second-order valence-corrected chi connectivity index (χ2v) is 4.36. The Balaban J connectivity index is 2.18. The van der Waals surface area contributed by atoms with E-state index in [2.05, 4.69) is 6.92 Å². The lowest BCUT2D eigenvalue weighted by Gasteiger charge is -2.43. The Kier molecular flexibility index (Phi) is 2.31. The number of nitrogens with two attached hydrogens (primary N) is 1. The Morgan fingerprint density at radius 2 is 1.86 bits per heavy atom. The van der Waals surface area contributed by atoms with E-state index in [1.165, 1.54) is 18.6 Å². The van der Waals surface area contributed by atoms with Crippen LogP contribution >= 0.6 is 0 Å². The molecule has 0 amide bonds. The maximum Gasteiger partial charge on any atom is 0.123 e. The van der Waals surface area contributed by atoms with Gasteiger partial charge in [0.05, 0.1) is 0 Å². The van der Waals surface area contributed by atoms with Crippen molar-refractivity contribution in [2.45, 2.75) is 37.6 Å². The molecule has 0 bridgehead atoms. The highest BCUT2D eigenvalue weighted by atomic mass is 19.1. The van der Waals surface area contributed by atoms with Gasteiger partial charge in [0, 0.05) is 5.54 Å². The molecule has 0 aromatic heterocycles. The molecule has 2 heteroatoms. The van der Waals surface area contributed by atoms with Crippen LogP contribution in [0.15, 0.2) is 24.3 Å². The van der Waals surface area contributed by atoms with Gasteiger partial charge in [0.15, 0.2) is 0 Å². The molecule has 0 radical (unpaired) electrons. The molecule has 1 aliphatic rings. The minimum atomic E-state index is -0.180. The molecule has 0 aliphatic heterocycles. The molecule has 1 atom stereocenters. The molecule has 2 rings (SSSR count). The largest absolute Gasteiger partial charge is 0.325 e. The highest BCUT2D eigenvalue weighted by molar-refractivity contribution is 5.24. The van der Waals surface area contributed by atoms with Gasteiger partial charge in [0.25, 0.3) is 0 Å². The maximum absolute atomic E-state index is 12.7. The normalized spacial score (nSPS) is 21.4. The van der Waals surface area contributed by atoms with Crippen molar-refractivity contribution in [2.24, 2.45) is 5.73 Å². The number of hydrogen-bond acceptors (Lipinski definition) is 1. The lowest BCUT2D eigenvalue weighted by molar-refractivity contribution is 0.210. The molecule has 2 N–H and O–H groups in total. The molecular formula is C12H16FN. The summed E-state index contributed by atoms with van der Waals surface area (Å²) in [5.41, 5.74) is 7.33. The van der Waals surface area contributed by atoms with E-state index in [4.69, 9.17) is 5.73 Å². The molecule has 76 valence electrons. The fourth-order valence-corrected chi connectivity index (χ4v) is 2.10. The van der Waals surface area contributed by atoms with Gasteiger partial charge in [-0.1, -0.05) is 19.1 Å². The van der Waals surface area contributed by atoms with Crippen molar-refractivity contribution in [1.29, 1.82) is 0 Å². The van der Waals surface area contributed by atoms with Crippen LogP contribution < -0.4 is 5.73 Å². The monoisotopic (exact) mass is 193 g/mol. The number of halogens is 1. The predicted octanol–water partition coefficient (Wildman–Crippen LogP) is 2.81. The fourth-order valence-electron chi connectivity index (χ4n) is 2.10. The molecule has 1 aromatic rings. The van der Waals surface area contributed by atoms with Crippen molar-refractivity contribution >= 4 is 0 Å². The summed E-state index contributed by atoms with van der Waals surface area (Å²) in [6.07, 6.45) is 3.40. The van der Waals surface area contributed by atoms with Gasteiger partial charge in [0.2, 0.25) is 0 Å². The van der Waals surface area contributed by atoms with Crippen molar-refractivity contribution < 1.29 is 4.39 Å². The quantitative estimate of drug-likeness (QED) is 0.768.